The number of unbranched alkanes of at least 4 members (excludes halogenated alkanes) is 1. The van der Waals surface area contributed by atoms with Crippen molar-refractivity contribution in [3.63, 3.8) is 0 Å². The van der Waals surface area contributed by atoms with Crippen LogP contribution in [-0.2, 0) is 10.3 Å². The van der Waals surface area contributed by atoms with Crippen LogP contribution in [0.15, 0.2) is 24.3 Å². The van der Waals surface area contributed by atoms with E-state index in [0.29, 0.717) is 12.1 Å². The van der Waals surface area contributed by atoms with Crippen LogP contribution in [-0.4, -0.2) is 23.4 Å². The second-order valence-electron chi connectivity index (χ2n) is 4.87. The molecule has 1 saturated heterocycles. The number of nitrogens with one attached hydrogen (secondary N) is 1. The van der Waals surface area contributed by atoms with Crippen molar-refractivity contribution in [1.29, 1.82) is 0 Å². The van der Waals surface area contributed by atoms with Crippen molar-refractivity contribution >= 4 is 11.9 Å². The van der Waals surface area contributed by atoms with Crippen molar-refractivity contribution in [2.24, 2.45) is 0 Å². The highest BCUT2D eigenvalue weighted by Crippen LogP contribution is 2.29. The fourth-order valence-electron chi connectivity index (χ4n) is 2.20. The molecule has 1 aliphatic heterocycles. The van der Waals surface area contributed by atoms with Gasteiger partial charge in [-0.05, 0) is 31.0 Å². The van der Waals surface area contributed by atoms with Gasteiger partial charge in [-0.2, -0.15) is 0 Å². The van der Waals surface area contributed by atoms with Gasteiger partial charge in [0.1, 0.15) is 11.4 Å². The van der Waals surface area contributed by atoms with E-state index in [2.05, 4.69) is 5.32 Å². The molecule has 102 valence electrons. The summed E-state index contributed by atoms with van der Waals surface area (Å²) in [7, 11) is 0. The molecule has 1 unspecified atom stereocenters. The quantitative estimate of drug-likeness (QED) is 0.849. The Morgan fingerprint density at radius 3 is 2.47 bits per heavy atom. The van der Waals surface area contributed by atoms with Crippen LogP contribution in [0.2, 0.25) is 0 Å². The zero-order valence-corrected chi connectivity index (χ0v) is 11.1. The van der Waals surface area contributed by atoms with Gasteiger partial charge in [0.2, 0.25) is 0 Å². The van der Waals surface area contributed by atoms with Gasteiger partial charge >= 0.3 is 6.03 Å². The summed E-state index contributed by atoms with van der Waals surface area (Å²) in [5, 5.41) is 2.69. The summed E-state index contributed by atoms with van der Waals surface area (Å²) in [6.07, 6.45) is 1.68. The zero-order chi connectivity index (χ0) is 14.0. The lowest BCUT2D eigenvalue weighted by atomic mass is 9.92. The van der Waals surface area contributed by atoms with Crippen LogP contribution in [0.3, 0.4) is 0 Å². The molecule has 1 aliphatic rings. The number of hydrogen-bond acceptors (Lipinski definition) is 2. The number of rotatable bonds is 4. The van der Waals surface area contributed by atoms with Gasteiger partial charge in [-0.3, -0.25) is 9.69 Å². The Balaban J connectivity index is 2.27. The number of carbonyl (C=O) groups excluding carboxylic acids is 2. The first-order chi connectivity index (χ1) is 8.99. The Morgan fingerprint density at radius 2 is 1.89 bits per heavy atom. The van der Waals surface area contributed by atoms with E-state index in [1.807, 2.05) is 6.92 Å². The lowest BCUT2D eigenvalue weighted by Crippen LogP contribution is -2.41. The molecule has 2 rings (SSSR count). The van der Waals surface area contributed by atoms with Crippen molar-refractivity contribution in [3.05, 3.63) is 35.6 Å². The molecule has 1 aromatic rings. The molecule has 1 fully saturated rings. The average molecular weight is 264 g/mol. The standard InChI is InChI=1S/C14H17FN2O2/c1-3-4-9-17-12(18)14(2,16-13(17)19)10-5-7-11(15)8-6-10/h5-8H,3-4,9H2,1-2H3,(H,16,19). The first-order valence-corrected chi connectivity index (χ1v) is 6.39. The minimum Gasteiger partial charge on any atom is -0.319 e. The predicted molar refractivity (Wildman–Crippen MR) is 68.9 cm³/mol. The van der Waals surface area contributed by atoms with Gasteiger partial charge in [-0.25, -0.2) is 9.18 Å². The van der Waals surface area contributed by atoms with E-state index in [1.165, 1.54) is 29.2 Å². The lowest BCUT2D eigenvalue weighted by molar-refractivity contribution is -0.131. The van der Waals surface area contributed by atoms with E-state index >= 15 is 0 Å². The van der Waals surface area contributed by atoms with Gasteiger partial charge in [0.05, 0.1) is 0 Å². The molecule has 4 nitrogen and oxygen atoms in total. The van der Waals surface area contributed by atoms with E-state index in [-0.39, 0.29) is 17.8 Å². The number of amides is 3. The number of benzene rings is 1. The van der Waals surface area contributed by atoms with Crippen LogP contribution in [0, 0.1) is 5.82 Å². The van der Waals surface area contributed by atoms with Crippen LogP contribution in [0.4, 0.5) is 9.18 Å². The van der Waals surface area contributed by atoms with Crippen molar-refractivity contribution in [2.75, 3.05) is 6.54 Å². The molecule has 0 bridgehead atoms. The molecule has 0 radical (unpaired) electrons. The number of halogens is 1. The molecule has 1 heterocycles. The summed E-state index contributed by atoms with van der Waals surface area (Å²) in [6, 6.07) is 5.24. The number of nitrogens with zero attached hydrogens (tertiary/aromatic N) is 1. The van der Waals surface area contributed by atoms with Crippen LogP contribution in [0.1, 0.15) is 32.3 Å². The summed E-state index contributed by atoms with van der Waals surface area (Å²) in [5.74, 6) is -0.649. The van der Waals surface area contributed by atoms with E-state index in [4.69, 9.17) is 0 Å². The number of urea groups is 1. The Morgan fingerprint density at radius 1 is 1.26 bits per heavy atom. The fraction of sp³-hybridized carbons (Fsp3) is 0.429. The summed E-state index contributed by atoms with van der Waals surface area (Å²) in [5.41, 5.74) is -0.510. The number of carbonyl (C=O) groups is 2. The van der Waals surface area contributed by atoms with Crippen LogP contribution in [0.25, 0.3) is 0 Å². The molecule has 3 amide bonds. The fourth-order valence-corrected chi connectivity index (χ4v) is 2.20. The molecule has 5 heteroatoms. The molecule has 0 aliphatic carbocycles. The third-order valence-corrected chi connectivity index (χ3v) is 3.43. The molecule has 0 saturated carbocycles. The van der Waals surface area contributed by atoms with E-state index in [1.54, 1.807) is 6.92 Å². The van der Waals surface area contributed by atoms with E-state index < -0.39 is 5.54 Å². The van der Waals surface area contributed by atoms with Gasteiger partial charge < -0.3 is 5.32 Å². The number of hydrogen-bond donors (Lipinski definition) is 1. The van der Waals surface area contributed by atoms with Crippen LogP contribution in [0.5, 0.6) is 0 Å². The summed E-state index contributed by atoms with van der Waals surface area (Å²) in [6.45, 7) is 4.06. The maximum atomic E-state index is 12.9. The summed E-state index contributed by atoms with van der Waals surface area (Å²) in [4.78, 5) is 25.5. The largest absolute Gasteiger partial charge is 0.325 e. The van der Waals surface area contributed by atoms with Crippen molar-refractivity contribution < 1.29 is 14.0 Å². The second-order valence-corrected chi connectivity index (χ2v) is 4.87. The molecule has 1 aromatic carbocycles. The van der Waals surface area contributed by atoms with Gasteiger partial charge in [-0.15, -0.1) is 0 Å². The molecule has 0 aromatic heterocycles. The van der Waals surface area contributed by atoms with Gasteiger partial charge in [0.25, 0.3) is 5.91 Å². The molecular weight excluding hydrogens is 247 g/mol. The third-order valence-electron chi connectivity index (χ3n) is 3.43. The molecule has 1 N–H and O–H groups in total. The molecule has 0 spiro atoms. The third kappa shape index (κ3) is 2.32. The first-order valence-electron chi connectivity index (χ1n) is 6.39. The van der Waals surface area contributed by atoms with E-state index in [0.717, 1.165) is 12.8 Å². The maximum Gasteiger partial charge on any atom is 0.325 e. The van der Waals surface area contributed by atoms with Gasteiger partial charge in [0, 0.05) is 6.54 Å². The van der Waals surface area contributed by atoms with Gasteiger partial charge in [0.15, 0.2) is 0 Å². The van der Waals surface area contributed by atoms with Crippen LogP contribution < -0.4 is 5.32 Å². The molecule has 1 atom stereocenters. The van der Waals surface area contributed by atoms with Crippen molar-refractivity contribution in [3.8, 4) is 0 Å². The Labute approximate surface area is 111 Å². The Kier molecular flexibility index (Phi) is 3.55. The predicted octanol–water partition coefficient (Wildman–Crippen LogP) is 2.39. The van der Waals surface area contributed by atoms with Gasteiger partial charge in [-0.1, -0.05) is 25.5 Å². The average Bonchev–Trinajstić information content (AvgIpc) is 2.60. The first kappa shape index (κ1) is 13.5. The molecular formula is C14H17FN2O2. The maximum absolute atomic E-state index is 12.9. The molecule has 19 heavy (non-hydrogen) atoms. The highest BCUT2D eigenvalue weighted by atomic mass is 19.1. The highest BCUT2D eigenvalue weighted by molar-refractivity contribution is 6.07. The lowest BCUT2D eigenvalue weighted by Gasteiger charge is -2.22. The minimum absolute atomic E-state index is 0.280. The SMILES string of the molecule is CCCCN1C(=O)NC(C)(c2ccc(F)cc2)C1=O. The second kappa shape index (κ2) is 4.99. The van der Waals surface area contributed by atoms with Crippen LogP contribution >= 0.6 is 0 Å². The smallest absolute Gasteiger partial charge is 0.319 e. The summed E-state index contributed by atoms with van der Waals surface area (Å²) < 4.78 is 12.9. The zero-order valence-electron chi connectivity index (χ0n) is 11.1. The topological polar surface area (TPSA) is 49.4 Å². The Bertz CT molecular complexity index is 501. The minimum atomic E-state index is -1.10. The van der Waals surface area contributed by atoms with E-state index in [9.17, 15) is 14.0 Å². The number of imide groups is 1. The monoisotopic (exact) mass is 264 g/mol. The highest BCUT2D eigenvalue weighted by Gasteiger charge is 2.48. The van der Waals surface area contributed by atoms with Crippen molar-refractivity contribution in [1.82, 2.24) is 10.2 Å². The van der Waals surface area contributed by atoms with Crippen molar-refractivity contribution in [2.45, 2.75) is 32.2 Å². The Hall–Kier alpha value is -1.91. The summed E-state index contributed by atoms with van der Waals surface area (Å²) >= 11 is 0. The normalized spacial score (nSPS) is 22.8.